The van der Waals surface area contributed by atoms with Crippen molar-refractivity contribution >= 4 is 23.2 Å². The zero-order valence-electron chi connectivity index (χ0n) is 15.2. The van der Waals surface area contributed by atoms with E-state index in [1.807, 2.05) is 56.3 Å². The molecule has 2 unspecified atom stereocenters. The van der Waals surface area contributed by atoms with E-state index in [1.165, 1.54) is 0 Å². The van der Waals surface area contributed by atoms with Crippen LogP contribution in [0.4, 0.5) is 11.4 Å². The highest BCUT2D eigenvalue weighted by Crippen LogP contribution is 2.31. The van der Waals surface area contributed by atoms with Gasteiger partial charge in [0.05, 0.1) is 5.92 Å². The predicted octanol–water partition coefficient (Wildman–Crippen LogP) is 3.62. The van der Waals surface area contributed by atoms with Crippen LogP contribution in [0.3, 0.4) is 0 Å². The summed E-state index contributed by atoms with van der Waals surface area (Å²) in [6.07, 6.45) is 1.91. The predicted molar refractivity (Wildman–Crippen MR) is 104 cm³/mol. The maximum absolute atomic E-state index is 12.7. The summed E-state index contributed by atoms with van der Waals surface area (Å²) < 4.78 is 0. The third-order valence-corrected chi connectivity index (χ3v) is 4.85. The number of benzene rings is 2. The van der Waals surface area contributed by atoms with Gasteiger partial charge in [-0.3, -0.25) is 9.59 Å². The van der Waals surface area contributed by atoms with Crippen molar-refractivity contribution in [2.45, 2.75) is 32.7 Å². The summed E-state index contributed by atoms with van der Waals surface area (Å²) in [4.78, 5) is 24.6. The van der Waals surface area contributed by atoms with Crippen LogP contribution >= 0.6 is 0 Å². The van der Waals surface area contributed by atoms with Crippen LogP contribution in [0.15, 0.2) is 48.5 Å². The van der Waals surface area contributed by atoms with Gasteiger partial charge < -0.3 is 16.4 Å². The summed E-state index contributed by atoms with van der Waals surface area (Å²) in [5.74, 6) is -0.347. The Kier molecular flexibility index (Phi) is 5.38. The molecule has 3 rings (SSSR count). The van der Waals surface area contributed by atoms with Gasteiger partial charge >= 0.3 is 0 Å². The van der Waals surface area contributed by atoms with Crippen molar-refractivity contribution in [1.82, 2.24) is 0 Å². The van der Waals surface area contributed by atoms with Crippen molar-refractivity contribution in [3.8, 4) is 0 Å². The van der Waals surface area contributed by atoms with E-state index in [1.54, 1.807) is 6.07 Å². The quantitative estimate of drug-likeness (QED) is 0.743. The molecule has 2 atom stereocenters. The molecule has 2 amide bonds. The highest BCUT2D eigenvalue weighted by atomic mass is 16.2. The lowest BCUT2D eigenvalue weighted by Gasteiger charge is -2.20. The summed E-state index contributed by atoms with van der Waals surface area (Å²) in [5.41, 5.74) is 9.50. The average Bonchev–Trinajstić information content (AvgIpc) is 3.49. The van der Waals surface area contributed by atoms with Crippen LogP contribution in [-0.2, 0) is 9.59 Å². The first-order valence-electron chi connectivity index (χ1n) is 8.98. The molecule has 0 radical (unpaired) electrons. The maximum Gasteiger partial charge on any atom is 0.229 e. The third kappa shape index (κ3) is 4.29. The lowest BCUT2D eigenvalue weighted by Crippen LogP contribution is -2.30. The highest BCUT2D eigenvalue weighted by Gasteiger charge is 2.29. The van der Waals surface area contributed by atoms with Gasteiger partial charge in [0, 0.05) is 23.3 Å². The summed E-state index contributed by atoms with van der Waals surface area (Å²) >= 11 is 0. The van der Waals surface area contributed by atoms with Gasteiger partial charge in [0.2, 0.25) is 11.8 Å². The first-order valence-corrected chi connectivity index (χ1v) is 8.98. The monoisotopic (exact) mass is 351 g/mol. The topological polar surface area (TPSA) is 84.2 Å². The summed E-state index contributed by atoms with van der Waals surface area (Å²) in [6.45, 7) is 3.74. The van der Waals surface area contributed by atoms with Crippen molar-refractivity contribution in [1.29, 1.82) is 0 Å². The first-order chi connectivity index (χ1) is 12.5. The molecule has 1 saturated carbocycles. The third-order valence-electron chi connectivity index (χ3n) is 4.85. The van der Waals surface area contributed by atoms with E-state index < -0.39 is 0 Å². The van der Waals surface area contributed by atoms with E-state index in [-0.39, 0.29) is 29.7 Å². The Morgan fingerprint density at radius 1 is 1.08 bits per heavy atom. The number of nitrogens with two attached hydrogens (primary N) is 1. The fourth-order valence-electron chi connectivity index (χ4n) is 2.80. The molecule has 0 aromatic heterocycles. The van der Waals surface area contributed by atoms with Crippen LogP contribution in [0, 0.1) is 18.8 Å². The van der Waals surface area contributed by atoms with Gasteiger partial charge in [-0.2, -0.15) is 0 Å². The Balaban J connectivity index is 1.68. The minimum absolute atomic E-state index is 0.0468. The molecular weight excluding hydrogens is 326 g/mol. The number of amides is 2. The van der Waals surface area contributed by atoms with Crippen LogP contribution in [-0.4, -0.2) is 11.8 Å². The molecule has 0 bridgehead atoms. The number of carbonyl (C=O) groups excluding carboxylic acids is 2. The second-order valence-corrected chi connectivity index (χ2v) is 7.01. The van der Waals surface area contributed by atoms with Crippen molar-refractivity contribution in [2.24, 2.45) is 17.6 Å². The minimum atomic E-state index is -0.387. The molecule has 1 fully saturated rings. The van der Waals surface area contributed by atoms with E-state index in [0.29, 0.717) is 11.4 Å². The Labute approximate surface area is 154 Å². The van der Waals surface area contributed by atoms with Crippen LogP contribution in [0.2, 0.25) is 0 Å². The standard InChI is InChI=1S/C21H25N3O2/c1-13-8-11-17(23-21(26)16-9-10-16)12-18(13)24-20(25)14(2)19(22)15-6-4-3-5-7-15/h3-8,11-12,14,16,19H,9-10,22H2,1-2H3,(H,23,26)(H,24,25). The Hall–Kier alpha value is -2.66. The Morgan fingerprint density at radius 2 is 1.77 bits per heavy atom. The highest BCUT2D eigenvalue weighted by molar-refractivity contribution is 5.97. The molecule has 2 aromatic rings. The number of nitrogens with one attached hydrogen (secondary N) is 2. The van der Waals surface area contributed by atoms with E-state index in [2.05, 4.69) is 10.6 Å². The molecule has 26 heavy (non-hydrogen) atoms. The number of rotatable bonds is 6. The van der Waals surface area contributed by atoms with Gasteiger partial charge in [0.1, 0.15) is 0 Å². The van der Waals surface area contributed by atoms with E-state index in [9.17, 15) is 9.59 Å². The van der Waals surface area contributed by atoms with Crippen molar-refractivity contribution in [2.75, 3.05) is 10.6 Å². The van der Waals surface area contributed by atoms with Gasteiger partial charge in [-0.05, 0) is 43.0 Å². The number of hydrogen-bond acceptors (Lipinski definition) is 3. The van der Waals surface area contributed by atoms with Crippen LogP contribution in [0.25, 0.3) is 0 Å². The average molecular weight is 351 g/mol. The van der Waals surface area contributed by atoms with Gasteiger partial charge in [0.15, 0.2) is 0 Å². The SMILES string of the molecule is Cc1ccc(NC(=O)C2CC2)cc1NC(=O)C(C)C(N)c1ccccc1. The Morgan fingerprint density at radius 3 is 2.42 bits per heavy atom. The fraction of sp³-hybridized carbons (Fsp3) is 0.333. The van der Waals surface area contributed by atoms with E-state index in [0.717, 1.165) is 24.0 Å². The normalized spacial score (nSPS) is 15.8. The molecule has 0 aliphatic heterocycles. The van der Waals surface area contributed by atoms with Gasteiger partial charge in [-0.25, -0.2) is 0 Å². The summed E-state index contributed by atoms with van der Waals surface area (Å²) in [5, 5.41) is 5.86. The van der Waals surface area contributed by atoms with E-state index in [4.69, 9.17) is 5.73 Å². The molecular formula is C21H25N3O2. The number of anilines is 2. The molecule has 2 aromatic carbocycles. The number of carbonyl (C=O) groups is 2. The molecule has 136 valence electrons. The maximum atomic E-state index is 12.7. The lowest BCUT2D eigenvalue weighted by molar-refractivity contribution is -0.120. The van der Waals surface area contributed by atoms with Crippen LogP contribution in [0.1, 0.15) is 36.9 Å². The van der Waals surface area contributed by atoms with Gasteiger partial charge in [-0.1, -0.05) is 43.3 Å². The molecule has 5 heteroatoms. The number of aryl methyl sites for hydroxylation is 1. The minimum Gasteiger partial charge on any atom is -0.326 e. The van der Waals surface area contributed by atoms with Crippen molar-refractivity contribution < 1.29 is 9.59 Å². The fourth-order valence-corrected chi connectivity index (χ4v) is 2.80. The second-order valence-electron chi connectivity index (χ2n) is 7.01. The smallest absolute Gasteiger partial charge is 0.229 e. The zero-order chi connectivity index (χ0) is 18.7. The largest absolute Gasteiger partial charge is 0.326 e. The van der Waals surface area contributed by atoms with Crippen LogP contribution < -0.4 is 16.4 Å². The summed E-state index contributed by atoms with van der Waals surface area (Å²) in [7, 11) is 0. The molecule has 4 N–H and O–H groups in total. The van der Waals surface area contributed by atoms with Crippen LogP contribution in [0.5, 0.6) is 0 Å². The molecule has 5 nitrogen and oxygen atoms in total. The Bertz CT molecular complexity index is 800. The van der Waals surface area contributed by atoms with Gasteiger partial charge in [0.25, 0.3) is 0 Å². The van der Waals surface area contributed by atoms with Crippen molar-refractivity contribution in [3.05, 3.63) is 59.7 Å². The second kappa shape index (κ2) is 7.70. The molecule has 1 aliphatic rings. The number of hydrogen-bond donors (Lipinski definition) is 3. The molecule has 0 spiro atoms. The van der Waals surface area contributed by atoms with E-state index >= 15 is 0 Å². The zero-order valence-corrected chi connectivity index (χ0v) is 15.2. The molecule has 0 heterocycles. The molecule has 0 saturated heterocycles. The summed E-state index contributed by atoms with van der Waals surface area (Å²) in [6, 6.07) is 14.8. The first kappa shape index (κ1) is 18.1. The van der Waals surface area contributed by atoms with Crippen molar-refractivity contribution in [3.63, 3.8) is 0 Å². The lowest BCUT2D eigenvalue weighted by atomic mass is 9.94. The molecule has 1 aliphatic carbocycles. The van der Waals surface area contributed by atoms with Gasteiger partial charge in [-0.15, -0.1) is 0 Å².